The Kier molecular flexibility index (Phi) is 5.31. The number of amides is 1. The fourth-order valence-corrected chi connectivity index (χ4v) is 4.67. The molecule has 0 saturated carbocycles. The number of carbonyl (C=O) groups is 1. The molecule has 1 N–H and O–H groups in total. The predicted octanol–water partition coefficient (Wildman–Crippen LogP) is 3.53. The van der Waals surface area contributed by atoms with Gasteiger partial charge in [-0.3, -0.25) is 9.69 Å². The van der Waals surface area contributed by atoms with Crippen molar-refractivity contribution in [3.63, 3.8) is 0 Å². The number of benzene rings is 1. The lowest BCUT2D eigenvalue weighted by atomic mass is 9.96. The Morgan fingerprint density at radius 2 is 1.89 bits per heavy atom. The van der Waals surface area contributed by atoms with Gasteiger partial charge in [0.15, 0.2) is 5.76 Å². The second-order valence-electron chi connectivity index (χ2n) is 7.79. The summed E-state index contributed by atoms with van der Waals surface area (Å²) in [5, 5.41) is 3.17. The van der Waals surface area contributed by atoms with E-state index in [2.05, 4.69) is 16.3 Å². The molecule has 0 radical (unpaired) electrons. The number of hydrogen-bond donors (Lipinski definition) is 1. The molecule has 0 aliphatic carbocycles. The molecule has 28 heavy (non-hydrogen) atoms. The van der Waals surface area contributed by atoms with Gasteiger partial charge < -0.3 is 19.2 Å². The Morgan fingerprint density at radius 3 is 2.50 bits per heavy atom. The largest absolute Gasteiger partial charge is 0.497 e. The molecule has 1 aromatic heterocycles. The molecule has 3 heterocycles. The number of ether oxygens (including phenoxy) is 2. The van der Waals surface area contributed by atoms with Crippen molar-refractivity contribution >= 4 is 5.91 Å². The molecule has 1 aromatic carbocycles. The summed E-state index contributed by atoms with van der Waals surface area (Å²) >= 11 is 0. The summed E-state index contributed by atoms with van der Waals surface area (Å²) in [6.45, 7) is 2.69. The number of nitrogens with one attached hydrogen (secondary N) is 1. The Balaban J connectivity index is 1.42. The first-order valence-electron chi connectivity index (χ1n) is 9.91. The molecule has 6 nitrogen and oxygen atoms in total. The number of aryl methyl sites for hydroxylation is 1. The minimum atomic E-state index is -0.111. The molecular weight excluding hydrogens is 356 g/mol. The van der Waals surface area contributed by atoms with Crippen molar-refractivity contribution in [1.29, 1.82) is 0 Å². The number of furan rings is 1. The Bertz CT molecular complexity index is 833. The average Bonchev–Trinajstić information content (AvgIpc) is 3.22. The minimum absolute atomic E-state index is 0.111. The summed E-state index contributed by atoms with van der Waals surface area (Å²) in [6, 6.07) is 10.6. The Morgan fingerprint density at radius 1 is 1.14 bits per heavy atom. The highest BCUT2D eigenvalue weighted by atomic mass is 16.5. The number of carbonyl (C=O) groups excluding carboxylic acids is 1. The first-order chi connectivity index (χ1) is 13.6. The summed E-state index contributed by atoms with van der Waals surface area (Å²) in [5.74, 6) is 2.78. The van der Waals surface area contributed by atoms with E-state index < -0.39 is 0 Å². The third-order valence-corrected chi connectivity index (χ3v) is 6.02. The second-order valence-corrected chi connectivity index (χ2v) is 7.79. The maximum atomic E-state index is 12.4. The van der Waals surface area contributed by atoms with Crippen LogP contribution in [-0.4, -0.2) is 43.2 Å². The zero-order chi connectivity index (χ0) is 19.7. The molecule has 2 unspecified atom stereocenters. The molecule has 150 valence electrons. The van der Waals surface area contributed by atoms with Crippen molar-refractivity contribution in [3.05, 3.63) is 47.4 Å². The molecule has 2 saturated heterocycles. The monoisotopic (exact) mass is 384 g/mol. The van der Waals surface area contributed by atoms with Gasteiger partial charge in [-0.05, 0) is 62.9 Å². The summed E-state index contributed by atoms with van der Waals surface area (Å²) in [5.41, 5.74) is 1.15. The highest BCUT2D eigenvalue weighted by Gasteiger charge is 2.41. The molecule has 2 aliphatic heterocycles. The summed E-state index contributed by atoms with van der Waals surface area (Å²) in [7, 11) is 3.39. The van der Waals surface area contributed by atoms with Crippen LogP contribution in [0.15, 0.2) is 34.7 Å². The van der Waals surface area contributed by atoms with E-state index in [0.717, 1.165) is 42.2 Å². The standard InChI is InChI=1S/C22H28N2O4/c1-14-4-8-21(28-14)22(25)23-16-11-17-5-6-18(12-16)24(17)13-15-10-19(26-2)7-9-20(15)27-3/h4,7-10,16-18H,5-6,11-13H2,1-3H3,(H,23,25). The molecule has 4 rings (SSSR count). The number of nitrogens with zero attached hydrogens (tertiary/aromatic N) is 1. The topological polar surface area (TPSA) is 63.9 Å². The van der Waals surface area contributed by atoms with Gasteiger partial charge in [-0.15, -0.1) is 0 Å². The van der Waals surface area contributed by atoms with Gasteiger partial charge in [0.25, 0.3) is 5.91 Å². The van der Waals surface area contributed by atoms with Gasteiger partial charge >= 0.3 is 0 Å². The second kappa shape index (κ2) is 7.87. The maximum Gasteiger partial charge on any atom is 0.287 e. The highest BCUT2D eigenvalue weighted by Crippen LogP contribution is 2.38. The zero-order valence-electron chi connectivity index (χ0n) is 16.7. The third-order valence-electron chi connectivity index (χ3n) is 6.02. The normalized spacial score (nSPS) is 24.2. The number of piperidine rings is 1. The van der Waals surface area contributed by atoms with Crippen molar-refractivity contribution in [2.45, 2.75) is 57.3 Å². The van der Waals surface area contributed by atoms with Crippen molar-refractivity contribution in [2.24, 2.45) is 0 Å². The smallest absolute Gasteiger partial charge is 0.287 e. The van der Waals surface area contributed by atoms with E-state index in [1.54, 1.807) is 20.3 Å². The van der Waals surface area contributed by atoms with Crippen LogP contribution in [0.5, 0.6) is 11.5 Å². The van der Waals surface area contributed by atoms with Crippen LogP contribution in [0.25, 0.3) is 0 Å². The first kappa shape index (κ1) is 18.9. The molecule has 2 aromatic rings. The molecule has 6 heteroatoms. The van der Waals surface area contributed by atoms with Crippen molar-refractivity contribution in [3.8, 4) is 11.5 Å². The predicted molar refractivity (Wildman–Crippen MR) is 106 cm³/mol. The Labute approximate surface area is 165 Å². The van der Waals surface area contributed by atoms with E-state index in [0.29, 0.717) is 17.8 Å². The maximum absolute atomic E-state index is 12.4. The summed E-state index contributed by atoms with van der Waals surface area (Å²) < 4.78 is 16.4. The lowest BCUT2D eigenvalue weighted by Crippen LogP contribution is -2.49. The average molecular weight is 384 g/mol. The Hall–Kier alpha value is -2.47. The number of fused-ring (bicyclic) bond motifs is 2. The molecule has 2 aliphatic rings. The van der Waals surface area contributed by atoms with Crippen LogP contribution >= 0.6 is 0 Å². The van der Waals surface area contributed by atoms with Crippen LogP contribution in [0.3, 0.4) is 0 Å². The third kappa shape index (κ3) is 3.74. The van der Waals surface area contributed by atoms with Crippen LogP contribution in [0.2, 0.25) is 0 Å². The number of rotatable bonds is 6. The van der Waals surface area contributed by atoms with Gasteiger partial charge in [0, 0.05) is 30.2 Å². The summed E-state index contributed by atoms with van der Waals surface area (Å²) in [4.78, 5) is 15.0. The molecular formula is C22H28N2O4. The van der Waals surface area contributed by atoms with E-state index >= 15 is 0 Å². The molecule has 2 atom stereocenters. The SMILES string of the molecule is COc1ccc(OC)c(CN2C3CCC2CC(NC(=O)c2ccc(C)o2)C3)c1. The minimum Gasteiger partial charge on any atom is -0.497 e. The van der Waals surface area contributed by atoms with E-state index in [1.807, 2.05) is 25.1 Å². The summed E-state index contributed by atoms with van der Waals surface area (Å²) in [6.07, 6.45) is 4.27. The van der Waals surface area contributed by atoms with Crippen molar-refractivity contribution in [2.75, 3.05) is 14.2 Å². The fraction of sp³-hybridized carbons (Fsp3) is 0.500. The van der Waals surface area contributed by atoms with Crippen LogP contribution in [0.4, 0.5) is 0 Å². The molecule has 1 amide bonds. The van der Waals surface area contributed by atoms with E-state index in [-0.39, 0.29) is 11.9 Å². The van der Waals surface area contributed by atoms with Gasteiger partial charge in [-0.1, -0.05) is 0 Å². The van der Waals surface area contributed by atoms with Gasteiger partial charge in [-0.25, -0.2) is 0 Å². The van der Waals surface area contributed by atoms with Crippen LogP contribution < -0.4 is 14.8 Å². The quantitative estimate of drug-likeness (QED) is 0.825. The molecule has 2 bridgehead atoms. The van der Waals surface area contributed by atoms with Crippen LogP contribution in [-0.2, 0) is 6.54 Å². The fourth-order valence-electron chi connectivity index (χ4n) is 4.67. The van der Waals surface area contributed by atoms with Gasteiger partial charge in [0.05, 0.1) is 14.2 Å². The van der Waals surface area contributed by atoms with E-state index in [9.17, 15) is 4.79 Å². The molecule has 0 spiro atoms. The number of hydrogen-bond acceptors (Lipinski definition) is 5. The number of methoxy groups -OCH3 is 2. The van der Waals surface area contributed by atoms with Gasteiger partial charge in [0.2, 0.25) is 0 Å². The van der Waals surface area contributed by atoms with Crippen molar-refractivity contribution < 1.29 is 18.7 Å². The van der Waals surface area contributed by atoms with Crippen molar-refractivity contribution in [1.82, 2.24) is 10.2 Å². The van der Waals surface area contributed by atoms with E-state index in [1.165, 1.54) is 12.8 Å². The molecule has 2 fully saturated rings. The van der Waals surface area contributed by atoms with E-state index in [4.69, 9.17) is 13.9 Å². The van der Waals surface area contributed by atoms with Crippen LogP contribution in [0.1, 0.15) is 47.6 Å². The van der Waals surface area contributed by atoms with Gasteiger partial charge in [-0.2, -0.15) is 0 Å². The lowest BCUT2D eigenvalue weighted by Gasteiger charge is -2.39. The first-order valence-corrected chi connectivity index (χ1v) is 9.91. The zero-order valence-corrected chi connectivity index (χ0v) is 16.7. The lowest BCUT2D eigenvalue weighted by molar-refractivity contribution is 0.0801. The van der Waals surface area contributed by atoms with Crippen LogP contribution in [0, 0.1) is 6.92 Å². The highest BCUT2D eigenvalue weighted by molar-refractivity contribution is 5.91. The van der Waals surface area contributed by atoms with Gasteiger partial charge in [0.1, 0.15) is 17.3 Å².